The molecular weight excluding hydrogens is 390 g/mol. The van der Waals surface area contributed by atoms with E-state index >= 15 is 0 Å². The van der Waals surface area contributed by atoms with E-state index in [9.17, 15) is 13.2 Å². The Morgan fingerprint density at radius 1 is 1.21 bits per heavy atom. The third-order valence-electron chi connectivity index (χ3n) is 4.70. The number of benzene rings is 1. The molecule has 0 fully saturated rings. The molecule has 3 rings (SSSR count). The number of hydrogen-bond donors (Lipinski definition) is 1. The maximum Gasteiger partial charge on any atom is 0.220 e. The first-order chi connectivity index (χ1) is 13.7. The average molecular weight is 416 g/mol. The van der Waals surface area contributed by atoms with Crippen molar-refractivity contribution in [2.24, 2.45) is 0 Å². The average Bonchev–Trinajstić information content (AvgIpc) is 3.30. The molecule has 7 nitrogen and oxygen atoms in total. The predicted molar refractivity (Wildman–Crippen MR) is 109 cm³/mol. The van der Waals surface area contributed by atoms with Gasteiger partial charge in [-0.05, 0) is 56.2 Å². The molecule has 0 spiro atoms. The minimum absolute atomic E-state index is 0.0877. The Balaban J connectivity index is 1.60. The van der Waals surface area contributed by atoms with E-state index in [4.69, 9.17) is 4.42 Å². The monoisotopic (exact) mass is 415 g/mol. The molecule has 0 saturated carbocycles. The summed E-state index contributed by atoms with van der Waals surface area (Å²) >= 11 is 0. The number of amides is 1. The van der Waals surface area contributed by atoms with Crippen LogP contribution in [0.4, 0.5) is 0 Å². The summed E-state index contributed by atoms with van der Waals surface area (Å²) in [5.41, 5.74) is 2.81. The second-order valence-electron chi connectivity index (χ2n) is 7.12. The van der Waals surface area contributed by atoms with Gasteiger partial charge in [-0.15, -0.1) is 0 Å². The number of carbonyl (C=O) groups excluding carboxylic acids is 1. The number of nitrogens with one attached hydrogen (secondary N) is 1. The lowest BCUT2D eigenvalue weighted by Gasteiger charge is -2.18. The van der Waals surface area contributed by atoms with Gasteiger partial charge in [-0.2, -0.15) is 5.10 Å². The van der Waals surface area contributed by atoms with E-state index in [1.165, 1.54) is 6.26 Å². The highest BCUT2D eigenvalue weighted by Gasteiger charge is 2.20. The van der Waals surface area contributed by atoms with E-state index in [1.54, 1.807) is 30.5 Å². The highest BCUT2D eigenvalue weighted by molar-refractivity contribution is 7.90. The van der Waals surface area contributed by atoms with Crippen LogP contribution in [0.2, 0.25) is 0 Å². The number of nitrogens with zero attached hydrogens (tertiary/aromatic N) is 2. The molecule has 29 heavy (non-hydrogen) atoms. The van der Waals surface area contributed by atoms with Gasteiger partial charge in [-0.3, -0.25) is 9.48 Å². The molecule has 1 N–H and O–H groups in total. The van der Waals surface area contributed by atoms with Gasteiger partial charge in [-0.25, -0.2) is 8.42 Å². The molecule has 2 aromatic heterocycles. The summed E-state index contributed by atoms with van der Waals surface area (Å²) in [6.07, 6.45) is 3.62. The van der Waals surface area contributed by atoms with Crippen molar-refractivity contribution < 1.29 is 17.6 Å². The fourth-order valence-electron chi connectivity index (χ4n) is 3.21. The Hall–Kier alpha value is -2.87. The summed E-state index contributed by atoms with van der Waals surface area (Å²) in [6.45, 7) is 4.26. The smallest absolute Gasteiger partial charge is 0.220 e. The Bertz CT molecular complexity index is 1070. The molecule has 0 aliphatic carbocycles. The van der Waals surface area contributed by atoms with Gasteiger partial charge in [0.2, 0.25) is 5.91 Å². The van der Waals surface area contributed by atoms with Crippen LogP contribution in [0, 0.1) is 13.8 Å². The maximum atomic E-state index is 12.4. The van der Waals surface area contributed by atoms with Crippen molar-refractivity contribution in [1.82, 2.24) is 15.1 Å². The zero-order chi connectivity index (χ0) is 21.0. The van der Waals surface area contributed by atoms with Crippen LogP contribution in [0.1, 0.15) is 35.2 Å². The lowest BCUT2D eigenvalue weighted by Crippen LogP contribution is -2.32. The first kappa shape index (κ1) is 20.9. The number of aryl methyl sites for hydroxylation is 3. The molecule has 1 amide bonds. The predicted octanol–water partition coefficient (Wildman–Crippen LogP) is 2.83. The largest absolute Gasteiger partial charge is 0.467 e. The number of hydrogen-bond acceptors (Lipinski definition) is 5. The Morgan fingerprint density at radius 3 is 2.48 bits per heavy atom. The Kier molecular flexibility index (Phi) is 6.22. The molecule has 2 heterocycles. The van der Waals surface area contributed by atoms with Crippen LogP contribution in [0.15, 0.2) is 58.0 Å². The van der Waals surface area contributed by atoms with E-state index in [-0.39, 0.29) is 16.8 Å². The maximum absolute atomic E-state index is 12.4. The lowest BCUT2D eigenvalue weighted by atomic mass is 10.1. The van der Waals surface area contributed by atoms with Crippen molar-refractivity contribution in [1.29, 1.82) is 0 Å². The molecule has 8 heteroatoms. The fourth-order valence-corrected chi connectivity index (χ4v) is 3.84. The molecule has 0 aliphatic rings. The molecule has 1 atom stereocenters. The number of rotatable bonds is 8. The van der Waals surface area contributed by atoms with Gasteiger partial charge < -0.3 is 9.73 Å². The van der Waals surface area contributed by atoms with Gasteiger partial charge in [-0.1, -0.05) is 12.1 Å². The van der Waals surface area contributed by atoms with Crippen LogP contribution in [0.5, 0.6) is 0 Å². The summed E-state index contributed by atoms with van der Waals surface area (Å²) in [7, 11) is -3.22. The minimum Gasteiger partial charge on any atom is -0.467 e. The van der Waals surface area contributed by atoms with Gasteiger partial charge in [0.1, 0.15) is 11.8 Å². The summed E-state index contributed by atoms with van der Waals surface area (Å²) in [4.78, 5) is 12.6. The summed E-state index contributed by atoms with van der Waals surface area (Å²) in [5.74, 6) is 0.642. The van der Waals surface area contributed by atoms with Crippen molar-refractivity contribution in [3.63, 3.8) is 0 Å². The molecule has 154 valence electrons. The zero-order valence-corrected chi connectivity index (χ0v) is 17.6. The highest BCUT2D eigenvalue weighted by Crippen LogP contribution is 2.20. The van der Waals surface area contributed by atoms with E-state index in [0.29, 0.717) is 19.4 Å². The normalized spacial score (nSPS) is 12.7. The molecule has 0 radical (unpaired) electrons. The second-order valence-corrected chi connectivity index (χ2v) is 9.14. The van der Waals surface area contributed by atoms with E-state index in [2.05, 4.69) is 10.4 Å². The van der Waals surface area contributed by atoms with Crippen LogP contribution < -0.4 is 5.32 Å². The van der Waals surface area contributed by atoms with Gasteiger partial charge in [0, 0.05) is 24.9 Å². The molecular formula is C21H25N3O4S. The first-order valence-corrected chi connectivity index (χ1v) is 11.2. The quantitative estimate of drug-likeness (QED) is 0.610. The van der Waals surface area contributed by atoms with Crippen molar-refractivity contribution in [2.45, 2.75) is 37.6 Å². The summed E-state index contributed by atoms with van der Waals surface area (Å²) in [6, 6.07) is 12.1. The van der Waals surface area contributed by atoms with Gasteiger partial charge in [0.15, 0.2) is 9.84 Å². The highest BCUT2D eigenvalue weighted by atomic mass is 32.2. The van der Waals surface area contributed by atoms with E-state index in [0.717, 1.165) is 22.7 Å². The minimum atomic E-state index is -3.22. The van der Waals surface area contributed by atoms with Crippen LogP contribution in [0.3, 0.4) is 0 Å². The zero-order valence-electron chi connectivity index (χ0n) is 16.8. The topological polar surface area (TPSA) is 94.2 Å². The SMILES string of the molecule is Cc1cc(C)n(C(CNC(=O)CCc2ccc(S(C)(=O)=O)cc2)c2ccco2)n1. The van der Waals surface area contributed by atoms with E-state index in [1.807, 2.05) is 36.7 Å². The molecule has 0 bridgehead atoms. The van der Waals surface area contributed by atoms with Gasteiger partial charge >= 0.3 is 0 Å². The molecule has 0 saturated heterocycles. The standard InChI is InChI=1S/C21H25N3O4S/c1-15-13-16(2)24(23-15)19(20-5-4-12-28-20)14-22-21(25)11-8-17-6-9-18(10-7-17)29(3,26)27/h4-7,9-10,12-13,19H,8,11,14H2,1-3H3,(H,22,25). The number of aromatic nitrogens is 2. The number of furan rings is 1. The van der Waals surface area contributed by atoms with Gasteiger partial charge in [0.05, 0.1) is 16.9 Å². The van der Waals surface area contributed by atoms with Crippen molar-refractivity contribution >= 4 is 15.7 Å². The first-order valence-electron chi connectivity index (χ1n) is 9.36. The van der Waals surface area contributed by atoms with Crippen LogP contribution in [0.25, 0.3) is 0 Å². The van der Waals surface area contributed by atoms with Crippen molar-refractivity contribution in [3.8, 4) is 0 Å². The lowest BCUT2D eigenvalue weighted by molar-refractivity contribution is -0.121. The van der Waals surface area contributed by atoms with Crippen LogP contribution in [-0.2, 0) is 21.1 Å². The second kappa shape index (κ2) is 8.65. The van der Waals surface area contributed by atoms with E-state index < -0.39 is 9.84 Å². The molecule has 3 aromatic rings. The van der Waals surface area contributed by atoms with Crippen LogP contribution >= 0.6 is 0 Å². The summed E-state index contributed by atoms with van der Waals surface area (Å²) in [5, 5.41) is 7.48. The molecule has 1 aromatic carbocycles. The molecule has 0 aliphatic heterocycles. The summed E-state index contributed by atoms with van der Waals surface area (Å²) < 4.78 is 30.5. The van der Waals surface area contributed by atoms with Crippen molar-refractivity contribution in [3.05, 3.63) is 71.4 Å². The fraction of sp³-hybridized carbons (Fsp3) is 0.333. The molecule has 1 unspecified atom stereocenters. The number of sulfone groups is 1. The van der Waals surface area contributed by atoms with Crippen LogP contribution in [-0.4, -0.2) is 36.9 Å². The Labute approximate surface area is 170 Å². The Morgan fingerprint density at radius 2 is 1.93 bits per heavy atom. The third kappa shape index (κ3) is 5.35. The number of carbonyl (C=O) groups is 1. The van der Waals surface area contributed by atoms with Crippen molar-refractivity contribution in [2.75, 3.05) is 12.8 Å². The van der Waals surface area contributed by atoms with Gasteiger partial charge in [0.25, 0.3) is 0 Å². The third-order valence-corrected chi connectivity index (χ3v) is 5.82.